The molecule has 2 aromatic carbocycles. The average molecular weight is 504 g/mol. The molecule has 1 saturated heterocycles. The second-order valence-corrected chi connectivity index (χ2v) is 8.02. The number of nitrogens with one attached hydrogen (secondary N) is 1. The third-order valence-electron chi connectivity index (χ3n) is 5.51. The highest BCUT2D eigenvalue weighted by atomic mass is 19.4. The monoisotopic (exact) mass is 504 g/mol. The van der Waals surface area contributed by atoms with E-state index in [4.69, 9.17) is 14.6 Å². The number of rotatable bonds is 7. The van der Waals surface area contributed by atoms with Crippen molar-refractivity contribution >= 4 is 34.5 Å². The van der Waals surface area contributed by atoms with Crippen LogP contribution in [0.1, 0.15) is 18.4 Å². The first-order chi connectivity index (χ1) is 17.0. The molecule has 12 heteroatoms. The molecule has 1 aromatic heterocycles. The van der Waals surface area contributed by atoms with Crippen molar-refractivity contribution in [3.05, 3.63) is 64.4 Å². The molecule has 188 valence electrons. The molecule has 4 rings (SSSR count). The summed E-state index contributed by atoms with van der Waals surface area (Å²) in [7, 11) is 0. The van der Waals surface area contributed by atoms with Gasteiger partial charge in [0, 0.05) is 22.3 Å². The summed E-state index contributed by atoms with van der Waals surface area (Å²) >= 11 is 0. The Balaban J connectivity index is 1.54. The van der Waals surface area contributed by atoms with Crippen LogP contribution in [-0.2, 0) is 25.2 Å². The van der Waals surface area contributed by atoms with Crippen molar-refractivity contribution in [3.8, 4) is 11.3 Å². The number of halogens is 3. The van der Waals surface area contributed by atoms with Crippen molar-refractivity contribution in [2.24, 2.45) is 0 Å². The Kier molecular flexibility index (Phi) is 6.69. The molecule has 0 aliphatic carbocycles. The quantitative estimate of drug-likeness (QED) is 0.467. The van der Waals surface area contributed by atoms with Gasteiger partial charge in [0.15, 0.2) is 6.10 Å². The lowest BCUT2D eigenvalue weighted by Crippen LogP contribution is -2.26. The first kappa shape index (κ1) is 24.8. The van der Waals surface area contributed by atoms with Gasteiger partial charge < -0.3 is 19.6 Å². The van der Waals surface area contributed by atoms with Gasteiger partial charge in [0.2, 0.25) is 0 Å². The SMILES string of the molecule is O=C(O)CCC(=O)OC[C@H]1CN(c2ccc3cc(-c4ccccc4C(F)(F)F)[nH]c(=O)c3c2)C(=O)O1. The van der Waals surface area contributed by atoms with Crippen molar-refractivity contribution in [1.82, 2.24) is 4.98 Å². The molecule has 1 amide bonds. The maximum Gasteiger partial charge on any atom is 0.417 e. The first-order valence-electron chi connectivity index (χ1n) is 10.7. The number of carboxylic acids is 1. The Labute approximate surface area is 201 Å². The molecule has 3 aromatic rings. The minimum Gasteiger partial charge on any atom is -0.481 e. The smallest absolute Gasteiger partial charge is 0.417 e. The number of amides is 1. The van der Waals surface area contributed by atoms with Crippen molar-refractivity contribution in [2.75, 3.05) is 18.1 Å². The number of H-pyrrole nitrogens is 1. The van der Waals surface area contributed by atoms with Crippen LogP contribution in [0, 0.1) is 0 Å². The lowest BCUT2D eigenvalue weighted by Gasteiger charge is -2.15. The number of hydrogen-bond donors (Lipinski definition) is 2. The summed E-state index contributed by atoms with van der Waals surface area (Å²) < 4.78 is 50.4. The van der Waals surface area contributed by atoms with E-state index in [1.54, 1.807) is 0 Å². The van der Waals surface area contributed by atoms with E-state index in [0.29, 0.717) is 11.1 Å². The number of pyridine rings is 1. The third kappa shape index (κ3) is 5.32. The minimum absolute atomic E-state index is 0.00136. The van der Waals surface area contributed by atoms with Crippen LogP contribution in [0.3, 0.4) is 0 Å². The van der Waals surface area contributed by atoms with Crippen LogP contribution in [0.4, 0.5) is 23.7 Å². The fourth-order valence-electron chi connectivity index (χ4n) is 3.81. The van der Waals surface area contributed by atoms with E-state index < -0.39 is 41.4 Å². The van der Waals surface area contributed by atoms with Crippen LogP contribution in [0.2, 0.25) is 0 Å². The number of cyclic esters (lactones) is 1. The van der Waals surface area contributed by atoms with Gasteiger partial charge in [-0.2, -0.15) is 13.2 Å². The molecule has 1 aliphatic rings. The summed E-state index contributed by atoms with van der Waals surface area (Å²) in [5.41, 5.74) is -1.39. The molecular weight excluding hydrogens is 485 g/mol. The highest BCUT2D eigenvalue weighted by Gasteiger charge is 2.35. The summed E-state index contributed by atoms with van der Waals surface area (Å²) in [4.78, 5) is 50.9. The van der Waals surface area contributed by atoms with Crippen LogP contribution in [0.15, 0.2) is 53.3 Å². The average Bonchev–Trinajstić information content (AvgIpc) is 3.21. The zero-order chi connectivity index (χ0) is 26.0. The fourth-order valence-corrected chi connectivity index (χ4v) is 3.81. The number of anilines is 1. The highest BCUT2D eigenvalue weighted by Crippen LogP contribution is 2.36. The van der Waals surface area contributed by atoms with E-state index in [2.05, 4.69) is 4.98 Å². The molecule has 0 spiro atoms. The maximum atomic E-state index is 13.4. The Bertz CT molecular complexity index is 1400. The minimum atomic E-state index is -4.61. The maximum absolute atomic E-state index is 13.4. The molecule has 0 saturated carbocycles. The molecule has 1 atom stereocenters. The Hall–Kier alpha value is -4.35. The molecule has 1 aliphatic heterocycles. The summed E-state index contributed by atoms with van der Waals surface area (Å²) in [6.07, 6.45) is -6.86. The van der Waals surface area contributed by atoms with Crippen molar-refractivity contribution in [1.29, 1.82) is 0 Å². The van der Waals surface area contributed by atoms with E-state index in [0.717, 1.165) is 6.07 Å². The van der Waals surface area contributed by atoms with Crippen molar-refractivity contribution < 1.29 is 42.1 Å². The predicted molar refractivity (Wildman–Crippen MR) is 120 cm³/mol. The summed E-state index contributed by atoms with van der Waals surface area (Å²) in [5, 5.41) is 9.11. The van der Waals surface area contributed by atoms with Gasteiger partial charge in [0.1, 0.15) is 6.61 Å². The number of carbonyl (C=O) groups is 3. The number of aromatic amines is 1. The summed E-state index contributed by atoms with van der Waals surface area (Å²) in [6, 6.07) is 10.8. The number of aliphatic carboxylic acids is 1. The molecular formula is C24H19F3N2O7. The van der Waals surface area contributed by atoms with Crippen molar-refractivity contribution in [3.63, 3.8) is 0 Å². The van der Waals surface area contributed by atoms with E-state index in [-0.39, 0.29) is 42.6 Å². The molecule has 2 heterocycles. The second kappa shape index (κ2) is 9.72. The number of alkyl halides is 3. The van der Waals surface area contributed by atoms with Crippen LogP contribution < -0.4 is 10.5 Å². The molecule has 1 fully saturated rings. The number of ether oxygens (including phenoxy) is 2. The summed E-state index contributed by atoms with van der Waals surface area (Å²) in [5.74, 6) is -1.89. The molecule has 0 bridgehead atoms. The van der Waals surface area contributed by atoms with Gasteiger partial charge in [-0.05, 0) is 29.7 Å². The Morgan fingerprint density at radius 3 is 2.58 bits per heavy atom. The lowest BCUT2D eigenvalue weighted by molar-refractivity contribution is -0.149. The number of benzene rings is 2. The zero-order valence-corrected chi connectivity index (χ0v) is 18.5. The number of hydrogen-bond acceptors (Lipinski definition) is 6. The Morgan fingerprint density at radius 1 is 1.11 bits per heavy atom. The van der Waals surface area contributed by atoms with Crippen LogP contribution in [0.5, 0.6) is 0 Å². The number of esters is 1. The molecule has 0 radical (unpaired) electrons. The highest BCUT2D eigenvalue weighted by molar-refractivity contribution is 5.95. The fraction of sp³-hybridized carbons (Fsp3) is 0.250. The summed E-state index contributed by atoms with van der Waals surface area (Å²) in [6.45, 7) is -0.262. The number of carbonyl (C=O) groups excluding carboxylic acids is 2. The third-order valence-corrected chi connectivity index (χ3v) is 5.51. The number of nitrogens with zero attached hydrogens (tertiary/aromatic N) is 1. The normalized spacial score (nSPS) is 15.7. The molecule has 9 nitrogen and oxygen atoms in total. The Morgan fingerprint density at radius 2 is 1.86 bits per heavy atom. The van der Waals surface area contributed by atoms with E-state index in [9.17, 15) is 32.3 Å². The number of fused-ring (bicyclic) bond motifs is 1. The van der Waals surface area contributed by atoms with Gasteiger partial charge in [-0.25, -0.2) is 4.79 Å². The van der Waals surface area contributed by atoms with E-state index >= 15 is 0 Å². The first-order valence-corrected chi connectivity index (χ1v) is 10.7. The van der Waals surface area contributed by atoms with Gasteiger partial charge in [-0.3, -0.25) is 19.3 Å². The van der Waals surface area contributed by atoms with Gasteiger partial charge in [-0.15, -0.1) is 0 Å². The van der Waals surface area contributed by atoms with Crippen LogP contribution in [0.25, 0.3) is 22.0 Å². The van der Waals surface area contributed by atoms with Gasteiger partial charge in [-0.1, -0.05) is 24.3 Å². The molecule has 0 unspecified atom stereocenters. The van der Waals surface area contributed by atoms with E-state index in [1.165, 1.54) is 47.4 Å². The molecule has 2 N–H and O–H groups in total. The van der Waals surface area contributed by atoms with Crippen LogP contribution in [-0.4, -0.2) is 47.4 Å². The number of carboxylic acid groups (broad SMARTS) is 1. The zero-order valence-electron chi connectivity index (χ0n) is 18.5. The lowest BCUT2D eigenvalue weighted by atomic mass is 10.0. The van der Waals surface area contributed by atoms with Crippen LogP contribution >= 0.6 is 0 Å². The standard InChI is InChI=1S/C24H19F3N2O7/c25-24(26,27)18-4-2-1-3-16(18)19-9-13-5-6-14(10-17(13)22(33)28-19)29-11-15(36-23(29)34)12-35-21(32)8-7-20(30)31/h1-6,9-10,15H,7-8,11-12H2,(H,28,33)(H,30,31)/t15-/m1/s1. The van der Waals surface area contributed by atoms with E-state index in [1.807, 2.05) is 0 Å². The van der Waals surface area contributed by atoms with Gasteiger partial charge in [0.05, 0.1) is 24.9 Å². The largest absolute Gasteiger partial charge is 0.481 e. The van der Waals surface area contributed by atoms with Crippen molar-refractivity contribution in [2.45, 2.75) is 25.1 Å². The van der Waals surface area contributed by atoms with Gasteiger partial charge in [0.25, 0.3) is 5.56 Å². The number of aromatic nitrogens is 1. The second-order valence-electron chi connectivity index (χ2n) is 8.02. The predicted octanol–water partition coefficient (Wildman–Crippen LogP) is 3.95. The van der Waals surface area contributed by atoms with Gasteiger partial charge >= 0.3 is 24.2 Å². The topological polar surface area (TPSA) is 126 Å². The molecule has 36 heavy (non-hydrogen) atoms.